The lowest BCUT2D eigenvalue weighted by molar-refractivity contribution is -0.123. The number of rotatable bonds is 6. The number of nitrogens with one attached hydrogen (secondary N) is 2. The molecule has 1 amide bonds. The molecule has 0 aliphatic carbocycles. The first-order valence-corrected chi connectivity index (χ1v) is 13.3. The number of aromatic nitrogens is 2. The molecule has 2 N–H and O–H groups in total. The summed E-state index contributed by atoms with van der Waals surface area (Å²) in [6.45, 7) is 7.74. The summed E-state index contributed by atoms with van der Waals surface area (Å²) >= 11 is 5.94. The van der Waals surface area contributed by atoms with Crippen molar-refractivity contribution in [2.24, 2.45) is 5.41 Å². The van der Waals surface area contributed by atoms with Gasteiger partial charge in [-0.1, -0.05) is 45.0 Å². The molecule has 2 aromatic carbocycles. The zero-order valence-corrected chi connectivity index (χ0v) is 23.6. The predicted octanol–water partition coefficient (Wildman–Crippen LogP) is 6.35. The molecule has 3 heterocycles. The van der Waals surface area contributed by atoms with Crippen molar-refractivity contribution in [1.29, 1.82) is 0 Å². The van der Waals surface area contributed by atoms with Crippen LogP contribution in [0.1, 0.15) is 49.9 Å². The Labute approximate surface area is 234 Å². The molecule has 1 fully saturated rings. The summed E-state index contributed by atoms with van der Waals surface area (Å²) in [5.74, 6) is 0.471. The second kappa shape index (κ2) is 10.5. The number of carbonyl (C=O) groups is 1. The molecule has 2 unspecified atom stereocenters. The summed E-state index contributed by atoms with van der Waals surface area (Å²) in [5.41, 5.74) is 5.08. The van der Waals surface area contributed by atoms with Gasteiger partial charge in [0.25, 0.3) is 0 Å². The largest absolute Gasteiger partial charge is 0.494 e. The van der Waals surface area contributed by atoms with E-state index in [1.807, 2.05) is 75.4 Å². The number of carbonyl (C=O) groups excluding carboxylic acids is 1. The predicted molar refractivity (Wildman–Crippen MR) is 160 cm³/mol. The Hall–Kier alpha value is -4.17. The Bertz CT molecular complexity index is 1490. The summed E-state index contributed by atoms with van der Waals surface area (Å²) in [7, 11) is 1.60. The van der Waals surface area contributed by atoms with Gasteiger partial charge in [-0.15, -0.1) is 0 Å². The van der Waals surface area contributed by atoms with E-state index in [0.29, 0.717) is 16.5 Å². The van der Waals surface area contributed by atoms with Gasteiger partial charge in [-0.2, -0.15) is 0 Å². The Kier molecular flexibility index (Phi) is 7.14. The molecule has 4 aromatic rings. The van der Waals surface area contributed by atoms with Crippen molar-refractivity contribution in [3.05, 3.63) is 102 Å². The third kappa shape index (κ3) is 5.12. The lowest BCUT2D eigenvalue weighted by atomic mass is 9.95. The van der Waals surface area contributed by atoms with Gasteiger partial charge in [0.15, 0.2) is 5.11 Å². The smallest absolute Gasteiger partial charge is 0.229 e. The number of methoxy groups -OCH3 is 1. The van der Waals surface area contributed by atoms with Crippen molar-refractivity contribution >= 4 is 34.6 Å². The highest BCUT2D eigenvalue weighted by molar-refractivity contribution is 7.80. The summed E-state index contributed by atoms with van der Waals surface area (Å²) in [6.07, 6.45) is 1.80. The highest BCUT2D eigenvalue weighted by Crippen LogP contribution is 2.44. The SMILES string of the molecule is COc1cc(N2C(=S)NC(c3ccccn3)C2c2ccc(C)n2-c2ccccc2)ccc1NC(=O)C(C)(C)C. The molecule has 0 bridgehead atoms. The number of nitrogens with zero attached hydrogens (tertiary/aromatic N) is 3. The van der Waals surface area contributed by atoms with Crippen molar-refractivity contribution in [2.75, 3.05) is 17.3 Å². The van der Waals surface area contributed by atoms with Gasteiger partial charge in [0.2, 0.25) is 5.91 Å². The first-order valence-electron chi connectivity index (χ1n) is 12.9. The Balaban J connectivity index is 1.63. The van der Waals surface area contributed by atoms with Crippen molar-refractivity contribution < 1.29 is 9.53 Å². The topological polar surface area (TPSA) is 71.4 Å². The van der Waals surface area contributed by atoms with Crippen LogP contribution >= 0.6 is 12.2 Å². The van der Waals surface area contributed by atoms with Gasteiger partial charge in [0, 0.05) is 40.4 Å². The van der Waals surface area contributed by atoms with Crippen LogP contribution in [-0.4, -0.2) is 27.7 Å². The Morgan fingerprint density at radius 3 is 2.41 bits per heavy atom. The van der Waals surface area contributed by atoms with Crippen LogP contribution in [0.2, 0.25) is 0 Å². The van der Waals surface area contributed by atoms with Gasteiger partial charge in [-0.05, 0) is 67.7 Å². The van der Waals surface area contributed by atoms with Crippen LogP contribution in [0.15, 0.2) is 85.1 Å². The van der Waals surface area contributed by atoms with Crippen LogP contribution in [0.5, 0.6) is 5.75 Å². The lowest BCUT2D eigenvalue weighted by Gasteiger charge is -2.30. The van der Waals surface area contributed by atoms with Gasteiger partial charge in [0.1, 0.15) is 11.8 Å². The summed E-state index contributed by atoms with van der Waals surface area (Å²) in [4.78, 5) is 19.5. The van der Waals surface area contributed by atoms with E-state index in [1.54, 1.807) is 13.3 Å². The zero-order valence-electron chi connectivity index (χ0n) is 22.8. The molecule has 5 rings (SSSR count). The summed E-state index contributed by atoms with van der Waals surface area (Å²) < 4.78 is 7.98. The van der Waals surface area contributed by atoms with E-state index in [4.69, 9.17) is 17.0 Å². The number of thiocarbonyl (C=S) groups is 1. The fourth-order valence-corrected chi connectivity index (χ4v) is 5.24. The number of hydrogen-bond acceptors (Lipinski definition) is 4. The third-order valence-electron chi connectivity index (χ3n) is 6.91. The molecule has 0 saturated carbocycles. The maximum Gasteiger partial charge on any atom is 0.229 e. The van der Waals surface area contributed by atoms with E-state index in [9.17, 15) is 4.79 Å². The second-order valence-corrected chi connectivity index (χ2v) is 11.0. The Morgan fingerprint density at radius 1 is 1.00 bits per heavy atom. The fraction of sp³-hybridized carbons (Fsp3) is 0.258. The Morgan fingerprint density at radius 2 is 1.74 bits per heavy atom. The summed E-state index contributed by atoms with van der Waals surface area (Å²) in [6, 6.07) is 25.9. The van der Waals surface area contributed by atoms with Crippen molar-refractivity contribution in [3.63, 3.8) is 0 Å². The molecule has 2 atom stereocenters. The lowest BCUT2D eigenvalue weighted by Crippen LogP contribution is -2.30. The number of para-hydroxylation sites is 1. The number of anilines is 2. The van der Waals surface area contributed by atoms with Gasteiger partial charge in [0.05, 0.1) is 24.5 Å². The minimum absolute atomic E-state index is 0.0869. The monoisotopic (exact) mass is 539 g/mol. The molecule has 1 aliphatic rings. The molecule has 8 heteroatoms. The first kappa shape index (κ1) is 26.4. The molecule has 200 valence electrons. The first-order chi connectivity index (χ1) is 18.7. The average Bonchev–Trinajstić information content (AvgIpc) is 3.48. The highest BCUT2D eigenvalue weighted by atomic mass is 32.1. The van der Waals surface area contributed by atoms with Crippen molar-refractivity contribution in [1.82, 2.24) is 14.9 Å². The summed E-state index contributed by atoms with van der Waals surface area (Å²) in [5, 5.41) is 7.11. The van der Waals surface area contributed by atoms with Crippen molar-refractivity contribution in [3.8, 4) is 11.4 Å². The molecular weight excluding hydrogens is 506 g/mol. The molecule has 0 spiro atoms. The molecule has 1 saturated heterocycles. The number of pyridine rings is 1. The number of hydrogen-bond donors (Lipinski definition) is 2. The van der Waals surface area contributed by atoms with Crippen LogP contribution in [0.3, 0.4) is 0 Å². The van der Waals surface area contributed by atoms with Gasteiger partial charge < -0.3 is 24.8 Å². The van der Waals surface area contributed by atoms with E-state index in [2.05, 4.69) is 56.3 Å². The highest BCUT2D eigenvalue weighted by Gasteiger charge is 2.42. The van der Waals surface area contributed by atoms with E-state index in [1.165, 1.54) is 0 Å². The number of amides is 1. The van der Waals surface area contributed by atoms with Crippen LogP contribution < -0.4 is 20.3 Å². The normalized spacial score (nSPS) is 17.2. The molecule has 2 aromatic heterocycles. The quantitative estimate of drug-likeness (QED) is 0.278. The maximum absolute atomic E-state index is 12.7. The molecule has 1 aliphatic heterocycles. The molecule has 0 radical (unpaired) electrons. The zero-order chi connectivity index (χ0) is 27.7. The second-order valence-electron chi connectivity index (χ2n) is 10.7. The maximum atomic E-state index is 12.7. The van der Waals surface area contributed by atoms with Gasteiger partial charge in [-0.3, -0.25) is 9.78 Å². The molecular formula is C31H33N5O2S. The van der Waals surface area contributed by atoms with E-state index in [0.717, 1.165) is 28.5 Å². The number of benzene rings is 2. The van der Waals surface area contributed by atoms with Gasteiger partial charge >= 0.3 is 0 Å². The number of ether oxygens (including phenoxy) is 1. The molecule has 39 heavy (non-hydrogen) atoms. The number of aryl methyl sites for hydroxylation is 1. The van der Waals surface area contributed by atoms with Crippen LogP contribution in [-0.2, 0) is 4.79 Å². The van der Waals surface area contributed by atoms with Gasteiger partial charge in [-0.25, -0.2) is 0 Å². The van der Waals surface area contributed by atoms with Crippen LogP contribution in [0.25, 0.3) is 5.69 Å². The van der Waals surface area contributed by atoms with Crippen LogP contribution in [0.4, 0.5) is 11.4 Å². The minimum Gasteiger partial charge on any atom is -0.494 e. The third-order valence-corrected chi connectivity index (χ3v) is 7.23. The standard InChI is InChI=1S/C31H33N5O2S/c1-20-14-17-25(35(20)21-11-7-6-8-12-21)28-27(24-13-9-10-18-32-24)34-30(39)36(28)22-15-16-23(26(19-22)38-5)33-29(37)31(2,3)4/h6-19,27-28H,1-5H3,(H,33,37)(H,34,39). The average molecular weight is 540 g/mol. The molecule has 7 nitrogen and oxygen atoms in total. The fourth-order valence-electron chi connectivity index (χ4n) is 4.90. The minimum atomic E-state index is -0.536. The van der Waals surface area contributed by atoms with Crippen LogP contribution in [0, 0.1) is 12.3 Å². The van der Waals surface area contributed by atoms with E-state index >= 15 is 0 Å². The van der Waals surface area contributed by atoms with Crippen molar-refractivity contribution in [2.45, 2.75) is 39.8 Å². The van der Waals surface area contributed by atoms with E-state index < -0.39 is 5.41 Å². The van der Waals surface area contributed by atoms with E-state index in [-0.39, 0.29) is 18.0 Å².